The van der Waals surface area contributed by atoms with Gasteiger partial charge in [-0.05, 0) is 56.8 Å². The SMILES string of the molecule is CN1CCOCC1.COc1nc(Cl)nc(OC)n1.Cc1cc(C(=O)Nc2cnc(-c3cc4c(cc3Cl)OC(F)(F)O4)cn2)n(C)n1.Cc1cc(C(=O)O)n(C)n1.ClCCl.Nc1cnc(-c2cc3c(cc2Cl)OC(F)(F)O3)cn1. The maximum absolute atomic E-state index is 13.2. The summed E-state index contributed by atoms with van der Waals surface area (Å²) in [5.74, 6) is -1.44. The summed E-state index contributed by atoms with van der Waals surface area (Å²) in [6.45, 7) is 7.55. The largest absolute Gasteiger partial charge is 0.586 e. The molecule has 2 aromatic carbocycles. The molecule has 24 nitrogen and oxygen atoms in total. The van der Waals surface area contributed by atoms with Gasteiger partial charge in [0.1, 0.15) is 17.2 Å². The van der Waals surface area contributed by atoms with E-state index in [9.17, 15) is 27.2 Å². The first-order valence-electron chi connectivity index (χ1n) is 21.9. The molecule has 0 aliphatic carbocycles. The van der Waals surface area contributed by atoms with Crippen LogP contribution in [0.5, 0.6) is 35.0 Å². The number of methoxy groups -OCH3 is 2. The second-order valence-corrected chi connectivity index (χ2v) is 17.4. The lowest BCUT2D eigenvalue weighted by Gasteiger charge is -2.21. The monoisotopic (exact) mass is 1190 g/mol. The van der Waals surface area contributed by atoms with Crippen molar-refractivity contribution in [3.05, 3.63) is 99.3 Å². The van der Waals surface area contributed by atoms with Gasteiger partial charge in [-0.25, -0.2) is 14.8 Å². The maximum atomic E-state index is 13.2. The molecule has 0 spiro atoms. The molecule has 3 aliphatic rings. The highest BCUT2D eigenvalue weighted by atomic mass is 35.5. The highest BCUT2D eigenvalue weighted by molar-refractivity contribution is 6.40. The fourth-order valence-electron chi connectivity index (χ4n) is 6.31. The van der Waals surface area contributed by atoms with E-state index < -0.39 is 24.5 Å². The molecule has 0 atom stereocenters. The first kappa shape index (κ1) is 61.5. The topological polar surface area (TPSA) is 286 Å². The molecule has 1 fully saturated rings. The highest BCUT2D eigenvalue weighted by Crippen LogP contribution is 2.47. The van der Waals surface area contributed by atoms with Crippen LogP contribution in [0.15, 0.2) is 61.2 Å². The summed E-state index contributed by atoms with van der Waals surface area (Å²) in [6.07, 6.45) is -2.02. The molecule has 10 rings (SSSR count). The van der Waals surface area contributed by atoms with Crippen molar-refractivity contribution < 1.29 is 65.4 Å². The van der Waals surface area contributed by atoms with E-state index in [2.05, 4.69) is 81.3 Å². The van der Waals surface area contributed by atoms with Gasteiger partial charge in [0.15, 0.2) is 28.8 Å². The molecular formula is C45H45Cl5F4N14O10. The van der Waals surface area contributed by atoms with E-state index in [0.29, 0.717) is 33.9 Å². The first-order valence-corrected chi connectivity index (χ1v) is 24.1. The number of aryl methyl sites for hydroxylation is 4. The Hall–Kier alpha value is -7.34. The number of morpholine rings is 1. The van der Waals surface area contributed by atoms with Crippen molar-refractivity contribution in [3.63, 3.8) is 0 Å². The van der Waals surface area contributed by atoms with Crippen molar-refractivity contribution in [2.45, 2.75) is 26.4 Å². The van der Waals surface area contributed by atoms with Crippen molar-refractivity contribution in [3.8, 4) is 57.5 Å². The Balaban J connectivity index is 0.000000193. The van der Waals surface area contributed by atoms with Crippen molar-refractivity contribution in [2.24, 2.45) is 14.1 Å². The fourth-order valence-corrected chi connectivity index (χ4v) is 6.96. The number of anilines is 2. The summed E-state index contributed by atoms with van der Waals surface area (Å²) < 4.78 is 86.9. The number of nitrogens with zero attached hydrogens (tertiary/aromatic N) is 12. The molecule has 8 heterocycles. The lowest BCUT2D eigenvalue weighted by Crippen LogP contribution is -2.32. The zero-order valence-corrected chi connectivity index (χ0v) is 45.6. The van der Waals surface area contributed by atoms with Crippen LogP contribution in [0.2, 0.25) is 15.3 Å². The Morgan fingerprint density at radius 2 is 1.12 bits per heavy atom. The molecule has 78 heavy (non-hydrogen) atoms. The van der Waals surface area contributed by atoms with Crippen LogP contribution >= 0.6 is 58.0 Å². The molecule has 418 valence electrons. The van der Waals surface area contributed by atoms with Crippen molar-refractivity contribution in [2.75, 3.05) is 64.0 Å². The quantitative estimate of drug-likeness (QED) is 0.0996. The van der Waals surface area contributed by atoms with Crippen molar-refractivity contribution in [1.82, 2.24) is 59.3 Å². The number of hydrogen-bond acceptors (Lipinski definition) is 20. The van der Waals surface area contributed by atoms with Gasteiger partial charge in [0.05, 0.1) is 90.4 Å². The van der Waals surface area contributed by atoms with Crippen LogP contribution < -0.4 is 39.5 Å². The van der Waals surface area contributed by atoms with Gasteiger partial charge >= 0.3 is 30.6 Å². The van der Waals surface area contributed by atoms with Crippen LogP contribution in [0.4, 0.5) is 29.2 Å². The van der Waals surface area contributed by atoms with Crippen LogP contribution in [0.25, 0.3) is 22.5 Å². The molecule has 5 aromatic heterocycles. The number of nitrogen functional groups attached to an aromatic ring is 1. The fraction of sp³-hybridized carbons (Fsp3) is 0.311. The van der Waals surface area contributed by atoms with Crippen molar-refractivity contribution in [1.29, 1.82) is 0 Å². The van der Waals surface area contributed by atoms with Crippen molar-refractivity contribution >= 4 is 81.5 Å². The summed E-state index contributed by atoms with van der Waals surface area (Å²) in [7, 11) is 8.25. The number of carboxylic acid groups (broad SMARTS) is 1. The Morgan fingerprint density at radius 1 is 0.679 bits per heavy atom. The van der Waals surface area contributed by atoms with E-state index >= 15 is 0 Å². The Bertz CT molecular complexity index is 3140. The normalized spacial score (nSPS) is 13.9. The molecule has 0 radical (unpaired) electrons. The molecule has 3 aliphatic heterocycles. The van der Waals surface area contributed by atoms with Crippen LogP contribution in [0.3, 0.4) is 0 Å². The summed E-state index contributed by atoms with van der Waals surface area (Å²) in [4.78, 5) is 52.1. The molecule has 4 N–H and O–H groups in total. The number of halogens is 9. The number of benzene rings is 2. The number of hydrogen-bond donors (Lipinski definition) is 3. The Kier molecular flexibility index (Phi) is 21.9. The number of rotatable bonds is 7. The molecule has 1 saturated heterocycles. The van der Waals surface area contributed by atoms with E-state index in [1.807, 2.05) is 0 Å². The van der Waals surface area contributed by atoms with E-state index in [1.165, 1.54) is 78.7 Å². The number of aromatic nitrogens is 11. The predicted octanol–water partition coefficient (Wildman–Crippen LogP) is 8.45. The standard InChI is InChI=1S/C17H12ClF2N5O3.C11H6ClF2N3O2.C6H8N2O2.C5H6ClN3O2.C5H11NO.CH2Cl2/c1-8-3-12(25(2)24-8)16(26)23-15-7-21-11(6-22-15)9-4-13-14(5-10(9)18)28-17(19,20)27-13;12-6-2-9-8(18-11(13,14)19-9)1-5(6)7-3-17-10(15)4-16-7;1-4-3-5(6(9)10)8(2)7-4;1-10-4-7-3(6)8-5(9-4)11-2;1-6-2-4-7-5-3-6;2-1-3/h3-7H,1-2H3,(H,22,23,26);1-4H,(H2,15,17);3H,1-2H3,(H,9,10);1-2H3;2-5H2,1H3;1H2. The van der Waals surface area contributed by atoms with Crippen LogP contribution in [-0.4, -0.2) is 142 Å². The van der Waals surface area contributed by atoms with E-state index in [0.717, 1.165) is 32.0 Å². The third-order valence-electron chi connectivity index (χ3n) is 9.72. The van der Waals surface area contributed by atoms with Gasteiger partial charge in [-0.2, -0.15) is 20.2 Å². The lowest BCUT2D eigenvalue weighted by molar-refractivity contribution is -0.287. The number of nitrogens with two attached hydrogens (primary N) is 1. The Morgan fingerprint density at radius 3 is 1.46 bits per heavy atom. The molecule has 0 saturated carbocycles. The summed E-state index contributed by atoms with van der Waals surface area (Å²) in [5, 5.41) is 19.7. The van der Waals surface area contributed by atoms with Gasteiger partial charge < -0.3 is 54.2 Å². The van der Waals surface area contributed by atoms with E-state index in [1.54, 1.807) is 34.0 Å². The van der Waals surface area contributed by atoms with E-state index in [-0.39, 0.29) is 73.0 Å². The molecule has 33 heteroatoms. The Labute approximate surface area is 465 Å². The van der Waals surface area contributed by atoms with Gasteiger partial charge in [0.25, 0.3) is 5.91 Å². The third kappa shape index (κ3) is 17.9. The third-order valence-corrected chi connectivity index (χ3v) is 10.5. The van der Waals surface area contributed by atoms with Crippen LogP contribution in [0.1, 0.15) is 32.4 Å². The highest BCUT2D eigenvalue weighted by Gasteiger charge is 2.45. The number of carboxylic acids is 1. The van der Waals surface area contributed by atoms with Gasteiger partial charge in [-0.1, -0.05) is 23.2 Å². The molecule has 1 amide bonds. The van der Waals surface area contributed by atoms with Crippen LogP contribution in [-0.2, 0) is 18.8 Å². The number of aromatic carboxylic acids is 1. The lowest BCUT2D eigenvalue weighted by atomic mass is 10.1. The second kappa shape index (κ2) is 27.8. The predicted molar refractivity (Wildman–Crippen MR) is 275 cm³/mol. The minimum Gasteiger partial charge on any atom is -0.477 e. The zero-order chi connectivity index (χ0) is 57.5. The van der Waals surface area contributed by atoms with Gasteiger partial charge in [-0.3, -0.25) is 24.1 Å². The number of alkyl halides is 6. The minimum atomic E-state index is -3.74. The smallest absolute Gasteiger partial charge is 0.477 e. The minimum absolute atomic E-state index is 0.0497. The number of ether oxygens (including phenoxy) is 7. The number of likely N-dealkylation sites (N-methyl/N-ethyl adjacent to an activating group) is 1. The second-order valence-electron chi connectivity index (χ2n) is 15.4. The molecular weight excluding hydrogens is 1150 g/mol. The number of carbonyl (C=O) groups is 2. The van der Waals surface area contributed by atoms with Gasteiger partial charge in [0, 0.05) is 50.4 Å². The number of nitrogens with one attached hydrogen (secondary N) is 1. The molecule has 0 unspecified atom stereocenters. The average Bonchev–Trinajstić information content (AvgIpc) is 4.12. The van der Waals surface area contributed by atoms with Crippen LogP contribution in [0, 0.1) is 13.8 Å². The van der Waals surface area contributed by atoms with Gasteiger partial charge in [-0.15, -0.1) is 45.7 Å². The van der Waals surface area contributed by atoms with E-state index in [4.69, 9.17) is 83.1 Å². The number of fused-ring (bicyclic) bond motifs is 2. The first-order chi connectivity index (χ1) is 36.8. The summed E-state index contributed by atoms with van der Waals surface area (Å²) >= 11 is 27.1. The molecule has 7 aromatic rings. The molecule has 0 bridgehead atoms. The number of carbonyl (C=O) groups excluding carboxylic acids is 1. The zero-order valence-electron chi connectivity index (χ0n) is 41.8. The average molecular weight is 1200 g/mol. The summed E-state index contributed by atoms with van der Waals surface area (Å²) in [5.41, 5.74) is 8.85. The summed E-state index contributed by atoms with van der Waals surface area (Å²) in [6, 6.07) is 8.52. The van der Waals surface area contributed by atoms with Gasteiger partial charge in [0.2, 0.25) is 5.28 Å². The maximum Gasteiger partial charge on any atom is 0.586 e. The number of amides is 1.